The number of ether oxygens (including phenoxy) is 1. The Morgan fingerprint density at radius 3 is 2.71 bits per heavy atom. The first-order chi connectivity index (χ1) is 14.9. The number of nitrogens with one attached hydrogen (secondary N) is 1. The number of aromatic nitrogens is 1. The van der Waals surface area contributed by atoms with Gasteiger partial charge in [-0.1, -0.05) is 31.6 Å². The number of pyridine rings is 1. The Morgan fingerprint density at radius 1 is 1.23 bits per heavy atom. The van der Waals surface area contributed by atoms with Crippen molar-refractivity contribution in [3.8, 4) is 5.75 Å². The van der Waals surface area contributed by atoms with Crippen molar-refractivity contribution < 1.29 is 9.53 Å². The summed E-state index contributed by atoms with van der Waals surface area (Å²) < 4.78 is 6.03. The second kappa shape index (κ2) is 9.23. The number of benzene rings is 1. The van der Waals surface area contributed by atoms with Gasteiger partial charge < -0.3 is 10.1 Å². The highest BCUT2D eigenvalue weighted by molar-refractivity contribution is 5.79. The van der Waals surface area contributed by atoms with E-state index in [2.05, 4.69) is 66.3 Å². The second-order valence-corrected chi connectivity index (χ2v) is 9.08. The summed E-state index contributed by atoms with van der Waals surface area (Å²) in [5.74, 6) is 1.70. The van der Waals surface area contributed by atoms with Crippen molar-refractivity contribution in [1.82, 2.24) is 15.2 Å². The lowest BCUT2D eigenvalue weighted by molar-refractivity contribution is -0.129. The van der Waals surface area contributed by atoms with E-state index in [1.54, 1.807) is 7.05 Å². The van der Waals surface area contributed by atoms with Crippen LogP contribution in [0.15, 0.2) is 42.1 Å². The monoisotopic (exact) mass is 419 g/mol. The lowest BCUT2D eigenvalue weighted by atomic mass is 9.85. The highest BCUT2D eigenvalue weighted by Gasteiger charge is 2.32. The predicted octanol–water partition coefficient (Wildman–Crippen LogP) is 4.18. The molecule has 2 aromatic rings. The number of carbonyl (C=O) groups excluding carboxylic acids is 1. The molecule has 0 saturated carbocycles. The predicted molar refractivity (Wildman–Crippen MR) is 124 cm³/mol. The number of carbonyl (C=O) groups is 1. The summed E-state index contributed by atoms with van der Waals surface area (Å²) >= 11 is 0. The molecule has 1 aliphatic heterocycles. The third-order valence-corrected chi connectivity index (χ3v) is 6.60. The third kappa shape index (κ3) is 4.82. The van der Waals surface area contributed by atoms with E-state index in [-0.39, 0.29) is 11.8 Å². The molecule has 1 aromatic carbocycles. The van der Waals surface area contributed by atoms with Crippen LogP contribution in [0.5, 0.6) is 5.75 Å². The van der Waals surface area contributed by atoms with Gasteiger partial charge in [0.25, 0.3) is 0 Å². The van der Waals surface area contributed by atoms with Crippen LogP contribution in [-0.4, -0.2) is 42.5 Å². The van der Waals surface area contributed by atoms with E-state index in [9.17, 15) is 4.79 Å². The van der Waals surface area contributed by atoms with Crippen LogP contribution in [0.4, 0.5) is 0 Å². The summed E-state index contributed by atoms with van der Waals surface area (Å²) in [6.07, 6.45) is 4.05. The number of hydrogen-bond donors (Lipinski definition) is 1. The van der Waals surface area contributed by atoms with Crippen molar-refractivity contribution >= 4 is 11.5 Å². The zero-order valence-corrected chi connectivity index (χ0v) is 19.1. The molecule has 5 heteroatoms. The molecule has 5 nitrogen and oxygen atoms in total. The average molecular weight is 420 g/mol. The summed E-state index contributed by atoms with van der Waals surface area (Å²) in [4.78, 5) is 18.6. The van der Waals surface area contributed by atoms with E-state index in [0.717, 1.165) is 43.9 Å². The minimum absolute atomic E-state index is 0.151. The van der Waals surface area contributed by atoms with Gasteiger partial charge in [-0.25, -0.2) is 0 Å². The van der Waals surface area contributed by atoms with Crippen LogP contribution in [0.25, 0.3) is 5.57 Å². The van der Waals surface area contributed by atoms with Gasteiger partial charge in [0.1, 0.15) is 12.4 Å². The fraction of sp³-hybridized carbons (Fsp3) is 0.462. The number of amides is 1. The van der Waals surface area contributed by atoms with E-state index < -0.39 is 0 Å². The van der Waals surface area contributed by atoms with Crippen LogP contribution < -0.4 is 10.1 Å². The topological polar surface area (TPSA) is 54.5 Å². The quantitative estimate of drug-likeness (QED) is 0.731. The molecule has 0 unspecified atom stereocenters. The number of fused-ring (bicyclic) bond motifs is 1. The van der Waals surface area contributed by atoms with E-state index >= 15 is 0 Å². The van der Waals surface area contributed by atoms with Crippen LogP contribution in [0, 0.1) is 5.92 Å². The summed E-state index contributed by atoms with van der Waals surface area (Å²) in [6, 6.07) is 10.6. The standard InChI is InChI=1S/C26H33N3O2/c1-17(2)20-7-8-23(28-12-20)16-31-24-9-10-25-18(3)21(6-5-19(25)11-24)13-29-14-22(15-29)26(30)27-4/h7-12,17,22H,5-6,13-16H2,1-4H3,(H,27,30). The smallest absolute Gasteiger partial charge is 0.225 e. The van der Waals surface area contributed by atoms with Crippen molar-refractivity contribution in [2.45, 2.75) is 46.1 Å². The molecule has 1 saturated heterocycles. The first-order valence-corrected chi connectivity index (χ1v) is 11.3. The second-order valence-electron chi connectivity index (χ2n) is 9.08. The SMILES string of the molecule is CNC(=O)C1CN(CC2=C(C)c3ccc(OCc4ccc(C(C)C)cn4)cc3CC2)C1. The zero-order valence-electron chi connectivity index (χ0n) is 19.1. The molecule has 2 aliphatic rings. The minimum atomic E-state index is 0.151. The molecule has 1 amide bonds. The van der Waals surface area contributed by atoms with Gasteiger partial charge >= 0.3 is 0 Å². The third-order valence-electron chi connectivity index (χ3n) is 6.60. The Balaban J connectivity index is 1.37. The lowest BCUT2D eigenvalue weighted by Crippen LogP contribution is -2.53. The van der Waals surface area contributed by atoms with Gasteiger partial charge in [0.15, 0.2) is 0 Å². The number of hydrogen-bond acceptors (Lipinski definition) is 4. The Morgan fingerprint density at radius 2 is 2.03 bits per heavy atom. The summed E-state index contributed by atoms with van der Waals surface area (Å²) in [6.45, 7) is 9.75. The van der Waals surface area contributed by atoms with Crippen molar-refractivity contribution in [2.75, 3.05) is 26.7 Å². The number of rotatable bonds is 7. The minimum Gasteiger partial charge on any atom is -0.487 e. The van der Waals surface area contributed by atoms with Crippen LogP contribution in [0.3, 0.4) is 0 Å². The summed E-state index contributed by atoms with van der Waals surface area (Å²) in [5.41, 5.74) is 7.75. The fourth-order valence-corrected chi connectivity index (χ4v) is 4.45. The first kappa shape index (κ1) is 21.6. The molecule has 1 fully saturated rings. The van der Waals surface area contributed by atoms with E-state index in [4.69, 9.17) is 4.74 Å². The molecule has 1 N–H and O–H groups in total. The molecular weight excluding hydrogens is 386 g/mol. The number of allylic oxidation sites excluding steroid dienone is 1. The van der Waals surface area contributed by atoms with Gasteiger partial charge in [0.05, 0.1) is 11.6 Å². The molecule has 0 spiro atoms. The molecular formula is C26H33N3O2. The highest BCUT2D eigenvalue weighted by Crippen LogP contribution is 2.34. The van der Waals surface area contributed by atoms with Crippen molar-refractivity contribution in [1.29, 1.82) is 0 Å². The van der Waals surface area contributed by atoms with Gasteiger partial charge in [-0.3, -0.25) is 14.7 Å². The first-order valence-electron chi connectivity index (χ1n) is 11.3. The van der Waals surface area contributed by atoms with Crippen LogP contribution >= 0.6 is 0 Å². The van der Waals surface area contributed by atoms with Crippen molar-refractivity contribution in [2.24, 2.45) is 5.92 Å². The normalized spacial score (nSPS) is 16.8. The van der Waals surface area contributed by atoms with E-state index in [1.807, 2.05) is 6.20 Å². The van der Waals surface area contributed by atoms with Gasteiger partial charge in [-0.15, -0.1) is 0 Å². The van der Waals surface area contributed by atoms with Crippen LogP contribution in [0.2, 0.25) is 0 Å². The van der Waals surface area contributed by atoms with Gasteiger partial charge in [-0.05, 0) is 66.1 Å². The maximum absolute atomic E-state index is 11.7. The molecule has 0 bridgehead atoms. The zero-order chi connectivity index (χ0) is 22.0. The Bertz CT molecular complexity index is 973. The number of likely N-dealkylation sites (tertiary alicyclic amines) is 1. The maximum Gasteiger partial charge on any atom is 0.225 e. The average Bonchev–Trinajstić information content (AvgIpc) is 2.75. The van der Waals surface area contributed by atoms with Crippen LogP contribution in [0.1, 0.15) is 55.5 Å². The molecule has 2 heterocycles. The summed E-state index contributed by atoms with van der Waals surface area (Å²) in [5, 5.41) is 2.75. The van der Waals surface area contributed by atoms with E-state index in [0.29, 0.717) is 12.5 Å². The van der Waals surface area contributed by atoms with Gasteiger partial charge in [-0.2, -0.15) is 0 Å². The Kier molecular flexibility index (Phi) is 6.42. The van der Waals surface area contributed by atoms with E-state index in [1.165, 1.54) is 27.8 Å². The summed E-state index contributed by atoms with van der Waals surface area (Å²) in [7, 11) is 1.71. The largest absolute Gasteiger partial charge is 0.487 e. The van der Waals surface area contributed by atoms with Crippen LogP contribution in [-0.2, 0) is 17.8 Å². The molecule has 164 valence electrons. The maximum atomic E-state index is 11.7. The molecule has 4 rings (SSSR count). The van der Waals surface area contributed by atoms with Crippen molar-refractivity contribution in [3.63, 3.8) is 0 Å². The number of aryl methyl sites for hydroxylation is 1. The molecule has 0 atom stereocenters. The van der Waals surface area contributed by atoms with Gasteiger partial charge in [0.2, 0.25) is 5.91 Å². The highest BCUT2D eigenvalue weighted by atomic mass is 16.5. The molecule has 31 heavy (non-hydrogen) atoms. The fourth-order valence-electron chi connectivity index (χ4n) is 4.45. The van der Waals surface area contributed by atoms with Gasteiger partial charge in [0, 0.05) is 32.9 Å². The molecule has 0 radical (unpaired) electrons. The molecule has 1 aromatic heterocycles. The lowest BCUT2D eigenvalue weighted by Gasteiger charge is -2.39. The molecule has 1 aliphatic carbocycles. The Hall–Kier alpha value is -2.66. The number of nitrogens with zero attached hydrogens (tertiary/aromatic N) is 2. The van der Waals surface area contributed by atoms with Crippen molar-refractivity contribution in [3.05, 3.63) is 64.5 Å². The Labute approximate surface area is 185 Å².